The Labute approximate surface area is 65.3 Å². The maximum Gasteiger partial charge on any atom is 0.190 e. The summed E-state index contributed by atoms with van der Waals surface area (Å²) in [6, 6.07) is 0. The van der Waals surface area contributed by atoms with Gasteiger partial charge < -0.3 is 10.2 Å². The van der Waals surface area contributed by atoms with Crippen molar-refractivity contribution in [1.29, 1.82) is 0 Å². The Bertz CT molecular complexity index is 217. The standard InChI is InChI=1S/C8H12O3/c1-3-5-4(2)6(9)8(11)7(5)10/h7-8,10-11H,3H2,1-2H3. The monoisotopic (exact) mass is 156 g/mol. The Morgan fingerprint density at radius 1 is 1.36 bits per heavy atom. The highest BCUT2D eigenvalue weighted by Crippen LogP contribution is 2.25. The Morgan fingerprint density at radius 2 is 1.91 bits per heavy atom. The van der Waals surface area contributed by atoms with Crippen LogP contribution in [0.15, 0.2) is 11.1 Å². The SMILES string of the molecule is CCC1=C(C)C(=O)C(O)C1O. The second-order valence-electron chi connectivity index (χ2n) is 2.76. The lowest BCUT2D eigenvalue weighted by Crippen LogP contribution is -2.27. The maximum absolute atomic E-state index is 11.0. The predicted octanol–water partition coefficient (Wildman–Crippen LogP) is 0.0174. The van der Waals surface area contributed by atoms with Crippen LogP contribution < -0.4 is 0 Å². The zero-order chi connectivity index (χ0) is 8.59. The molecule has 2 unspecified atom stereocenters. The molecular formula is C8H12O3. The van der Waals surface area contributed by atoms with Gasteiger partial charge >= 0.3 is 0 Å². The van der Waals surface area contributed by atoms with Gasteiger partial charge in [-0.25, -0.2) is 0 Å². The number of carbonyl (C=O) groups excluding carboxylic acids is 1. The molecule has 3 nitrogen and oxygen atoms in total. The lowest BCUT2D eigenvalue weighted by atomic mass is 10.1. The van der Waals surface area contributed by atoms with E-state index in [4.69, 9.17) is 5.11 Å². The molecule has 0 aromatic carbocycles. The van der Waals surface area contributed by atoms with Gasteiger partial charge in [0.05, 0.1) is 0 Å². The number of aliphatic hydroxyl groups excluding tert-OH is 2. The molecule has 0 spiro atoms. The molecule has 0 aromatic heterocycles. The summed E-state index contributed by atoms with van der Waals surface area (Å²) >= 11 is 0. The van der Waals surface area contributed by atoms with Gasteiger partial charge in [0.15, 0.2) is 5.78 Å². The van der Waals surface area contributed by atoms with E-state index >= 15 is 0 Å². The first kappa shape index (κ1) is 8.43. The number of aliphatic hydroxyl groups is 2. The van der Waals surface area contributed by atoms with Gasteiger partial charge in [0.2, 0.25) is 0 Å². The van der Waals surface area contributed by atoms with Crippen molar-refractivity contribution in [3.63, 3.8) is 0 Å². The summed E-state index contributed by atoms with van der Waals surface area (Å²) in [6.45, 7) is 3.49. The first-order valence-corrected chi connectivity index (χ1v) is 3.69. The van der Waals surface area contributed by atoms with E-state index in [1.54, 1.807) is 6.92 Å². The van der Waals surface area contributed by atoms with Gasteiger partial charge in [-0.1, -0.05) is 6.92 Å². The summed E-state index contributed by atoms with van der Waals surface area (Å²) in [4.78, 5) is 11.0. The van der Waals surface area contributed by atoms with Gasteiger partial charge in [-0.15, -0.1) is 0 Å². The van der Waals surface area contributed by atoms with Gasteiger partial charge in [0.1, 0.15) is 12.2 Å². The number of carbonyl (C=O) groups is 1. The third-order valence-electron chi connectivity index (χ3n) is 2.16. The predicted molar refractivity (Wildman–Crippen MR) is 40.0 cm³/mol. The highest BCUT2D eigenvalue weighted by molar-refractivity contribution is 6.02. The zero-order valence-corrected chi connectivity index (χ0v) is 6.66. The van der Waals surface area contributed by atoms with Crippen molar-refractivity contribution < 1.29 is 15.0 Å². The van der Waals surface area contributed by atoms with E-state index in [2.05, 4.69) is 0 Å². The van der Waals surface area contributed by atoms with E-state index in [0.29, 0.717) is 17.6 Å². The fourth-order valence-electron chi connectivity index (χ4n) is 1.41. The summed E-state index contributed by atoms with van der Waals surface area (Å²) in [5.74, 6) is -0.339. The van der Waals surface area contributed by atoms with Gasteiger partial charge in [0.25, 0.3) is 0 Å². The van der Waals surface area contributed by atoms with Crippen LogP contribution in [0.25, 0.3) is 0 Å². The molecule has 0 saturated carbocycles. The largest absolute Gasteiger partial charge is 0.386 e. The van der Waals surface area contributed by atoms with Crippen LogP contribution in [0.4, 0.5) is 0 Å². The molecule has 0 amide bonds. The number of rotatable bonds is 1. The number of hydrogen-bond donors (Lipinski definition) is 2. The number of hydrogen-bond acceptors (Lipinski definition) is 3. The molecule has 62 valence electrons. The Morgan fingerprint density at radius 3 is 2.09 bits per heavy atom. The van der Waals surface area contributed by atoms with Gasteiger partial charge in [0, 0.05) is 0 Å². The first-order chi connectivity index (χ1) is 5.09. The fourth-order valence-corrected chi connectivity index (χ4v) is 1.41. The quantitative estimate of drug-likeness (QED) is 0.562. The molecule has 0 saturated heterocycles. The molecule has 11 heavy (non-hydrogen) atoms. The molecule has 0 radical (unpaired) electrons. The summed E-state index contributed by atoms with van der Waals surface area (Å²) in [6.07, 6.45) is -1.56. The molecular weight excluding hydrogens is 144 g/mol. The van der Waals surface area contributed by atoms with Crippen molar-refractivity contribution in [3.05, 3.63) is 11.1 Å². The van der Waals surface area contributed by atoms with Crippen molar-refractivity contribution >= 4 is 5.78 Å². The van der Waals surface area contributed by atoms with Crippen molar-refractivity contribution in [2.75, 3.05) is 0 Å². The summed E-state index contributed by atoms with van der Waals surface area (Å²) in [5, 5.41) is 18.4. The minimum atomic E-state index is -1.22. The van der Waals surface area contributed by atoms with Crippen LogP contribution >= 0.6 is 0 Å². The Hall–Kier alpha value is -0.670. The molecule has 3 heteroatoms. The van der Waals surface area contributed by atoms with Crippen molar-refractivity contribution in [1.82, 2.24) is 0 Å². The third kappa shape index (κ3) is 1.10. The molecule has 2 N–H and O–H groups in total. The highest BCUT2D eigenvalue weighted by atomic mass is 16.3. The van der Waals surface area contributed by atoms with Crippen LogP contribution in [0, 0.1) is 0 Å². The third-order valence-corrected chi connectivity index (χ3v) is 2.16. The molecule has 0 fully saturated rings. The fraction of sp³-hybridized carbons (Fsp3) is 0.625. The molecule has 0 aliphatic heterocycles. The maximum atomic E-state index is 11.0. The van der Waals surface area contributed by atoms with Crippen LogP contribution in [0.5, 0.6) is 0 Å². The highest BCUT2D eigenvalue weighted by Gasteiger charge is 2.36. The van der Waals surface area contributed by atoms with Crippen LogP contribution in [-0.2, 0) is 4.79 Å². The van der Waals surface area contributed by atoms with E-state index in [0.717, 1.165) is 0 Å². The summed E-state index contributed by atoms with van der Waals surface area (Å²) < 4.78 is 0. The van der Waals surface area contributed by atoms with Crippen molar-refractivity contribution in [2.24, 2.45) is 0 Å². The summed E-state index contributed by atoms with van der Waals surface area (Å²) in [7, 11) is 0. The molecule has 2 atom stereocenters. The minimum Gasteiger partial charge on any atom is -0.386 e. The summed E-state index contributed by atoms with van der Waals surface area (Å²) in [5.41, 5.74) is 1.19. The van der Waals surface area contributed by atoms with Crippen LogP contribution in [0.2, 0.25) is 0 Å². The zero-order valence-electron chi connectivity index (χ0n) is 6.66. The van der Waals surface area contributed by atoms with E-state index < -0.39 is 12.2 Å². The molecule has 1 rings (SSSR count). The molecule has 0 heterocycles. The number of ketones is 1. The van der Waals surface area contributed by atoms with Crippen LogP contribution in [0.3, 0.4) is 0 Å². The van der Waals surface area contributed by atoms with E-state index in [-0.39, 0.29) is 5.78 Å². The molecule has 0 bridgehead atoms. The molecule has 1 aliphatic carbocycles. The Balaban J connectivity index is 2.98. The molecule has 0 aromatic rings. The van der Waals surface area contributed by atoms with E-state index in [1.807, 2.05) is 6.92 Å². The minimum absolute atomic E-state index is 0.339. The lowest BCUT2D eigenvalue weighted by Gasteiger charge is -2.08. The van der Waals surface area contributed by atoms with E-state index in [1.165, 1.54) is 0 Å². The van der Waals surface area contributed by atoms with Crippen LogP contribution in [-0.4, -0.2) is 28.2 Å². The smallest absolute Gasteiger partial charge is 0.190 e. The molecule has 1 aliphatic rings. The first-order valence-electron chi connectivity index (χ1n) is 3.69. The second-order valence-corrected chi connectivity index (χ2v) is 2.76. The average Bonchev–Trinajstić information content (AvgIpc) is 2.17. The normalized spacial score (nSPS) is 31.8. The van der Waals surface area contributed by atoms with E-state index in [9.17, 15) is 9.90 Å². The van der Waals surface area contributed by atoms with Crippen molar-refractivity contribution in [3.8, 4) is 0 Å². The topological polar surface area (TPSA) is 57.5 Å². The average molecular weight is 156 g/mol. The van der Waals surface area contributed by atoms with Crippen molar-refractivity contribution in [2.45, 2.75) is 32.5 Å². The second kappa shape index (κ2) is 2.75. The van der Waals surface area contributed by atoms with Gasteiger partial charge in [-0.2, -0.15) is 0 Å². The number of Topliss-reactive ketones (excluding diaryl/α,β-unsaturated/α-hetero) is 1. The Kier molecular flexibility index (Phi) is 2.11. The lowest BCUT2D eigenvalue weighted by molar-refractivity contribution is -0.125. The van der Waals surface area contributed by atoms with Gasteiger partial charge in [-0.05, 0) is 24.5 Å². The van der Waals surface area contributed by atoms with Crippen LogP contribution in [0.1, 0.15) is 20.3 Å². The van der Waals surface area contributed by atoms with Gasteiger partial charge in [-0.3, -0.25) is 4.79 Å².